The van der Waals surface area contributed by atoms with Crippen molar-refractivity contribution in [3.05, 3.63) is 65.7 Å². The molecule has 1 saturated carbocycles. The highest BCUT2D eigenvalue weighted by atomic mass is 32.2. The highest BCUT2D eigenvalue weighted by Gasteiger charge is 2.23. The van der Waals surface area contributed by atoms with E-state index in [0.29, 0.717) is 11.6 Å². The molecule has 0 atom stereocenters. The molecule has 2 aromatic carbocycles. The fourth-order valence-corrected chi connectivity index (χ4v) is 3.17. The number of sulfonamides is 1. The second-order valence-electron chi connectivity index (χ2n) is 5.58. The van der Waals surface area contributed by atoms with Gasteiger partial charge in [0.2, 0.25) is 10.0 Å². The Kier molecular flexibility index (Phi) is 4.45. The van der Waals surface area contributed by atoms with Crippen LogP contribution in [0.25, 0.3) is 0 Å². The first-order valence-electron chi connectivity index (χ1n) is 7.49. The summed E-state index contributed by atoms with van der Waals surface area (Å²) in [5.41, 5.74) is 1.39. The van der Waals surface area contributed by atoms with E-state index in [2.05, 4.69) is 10.0 Å². The van der Waals surface area contributed by atoms with Crippen LogP contribution in [-0.2, 0) is 16.6 Å². The summed E-state index contributed by atoms with van der Waals surface area (Å²) in [5.74, 6) is -0.0797. The second kappa shape index (κ2) is 6.52. The number of nitrogens with one attached hydrogen (secondary N) is 2. The minimum absolute atomic E-state index is 0.0797. The first kappa shape index (κ1) is 15.7. The molecule has 0 bridgehead atoms. The number of carbonyl (C=O) groups excluding carboxylic acids is 1. The first-order valence-corrected chi connectivity index (χ1v) is 8.97. The van der Waals surface area contributed by atoms with Gasteiger partial charge in [-0.25, -0.2) is 13.1 Å². The molecule has 0 saturated heterocycles. The van der Waals surface area contributed by atoms with Gasteiger partial charge < -0.3 is 5.32 Å². The van der Waals surface area contributed by atoms with Crippen LogP contribution in [0.1, 0.15) is 28.8 Å². The number of hydrogen-bond donors (Lipinski definition) is 2. The average Bonchev–Trinajstić information content (AvgIpc) is 3.38. The van der Waals surface area contributed by atoms with E-state index >= 15 is 0 Å². The number of benzene rings is 2. The van der Waals surface area contributed by atoms with Gasteiger partial charge in [0.05, 0.1) is 4.90 Å². The number of rotatable bonds is 6. The van der Waals surface area contributed by atoms with Crippen LogP contribution in [0.3, 0.4) is 0 Å². The predicted octanol–water partition coefficient (Wildman–Crippen LogP) is 2.06. The zero-order chi connectivity index (χ0) is 16.3. The van der Waals surface area contributed by atoms with Crippen molar-refractivity contribution in [1.82, 2.24) is 10.0 Å². The van der Waals surface area contributed by atoms with E-state index in [0.717, 1.165) is 18.4 Å². The van der Waals surface area contributed by atoms with E-state index < -0.39 is 10.0 Å². The van der Waals surface area contributed by atoms with Crippen molar-refractivity contribution in [1.29, 1.82) is 0 Å². The lowest BCUT2D eigenvalue weighted by Crippen LogP contribution is -2.25. The van der Waals surface area contributed by atoms with Crippen molar-refractivity contribution in [2.24, 2.45) is 0 Å². The third-order valence-corrected chi connectivity index (χ3v) is 5.07. The van der Waals surface area contributed by atoms with Gasteiger partial charge in [0, 0.05) is 18.2 Å². The Bertz CT molecular complexity index is 782. The minimum atomic E-state index is -3.52. The molecule has 0 radical (unpaired) electrons. The summed E-state index contributed by atoms with van der Waals surface area (Å²) in [7, 11) is -3.52. The standard InChI is InChI=1S/C17H18N2O3S/c20-17(19-15-10-11-15)14-8-6-13(7-9-14)12-18-23(21,22)16-4-2-1-3-5-16/h1-9,15,18H,10-12H2,(H,19,20). The Labute approximate surface area is 135 Å². The predicted molar refractivity (Wildman–Crippen MR) is 87.4 cm³/mol. The van der Waals surface area contributed by atoms with Crippen molar-refractivity contribution in [2.75, 3.05) is 0 Å². The van der Waals surface area contributed by atoms with Crippen molar-refractivity contribution in [2.45, 2.75) is 30.3 Å². The third-order valence-electron chi connectivity index (χ3n) is 3.65. The van der Waals surface area contributed by atoms with Gasteiger partial charge >= 0.3 is 0 Å². The molecule has 0 spiro atoms. The molecule has 0 heterocycles. The fraction of sp³-hybridized carbons (Fsp3) is 0.235. The van der Waals surface area contributed by atoms with Gasteiger partial charge in [0.1, 0.15) is 0 Å². The lowest BCUT2D eigenvalue weighted by atomic mass is 10.1. The van der Waals surface area contributed by atoms with E-state index in [1.807, 2.05) is 0 Å². The van der Waals surface area contributed by atoms with E-state index in [1.165, 1.54) is 0 Å². The van der Waals surface area contributed by atoms with Crippen LogP contribution in [0.4, 0.5) is 0 Å². The Morgan fingerprint density at radius 2 is 1.65 bits per heavy atom. The van der Waals surface area contributed by atoms with E-state index in [1.54, 1.807) is 54.6 Å². The first-order chi connectivity index (χ1) is 11.0. The summed E-state index contributed by atoms with van der Waals surface area (Å²) in [6.07, 6.45) is 2.09. The summed E-state index contributed by atoms with van der Waals surface area (Å²) in [4.78, 5) is 12.1. The normalized spacial score (nSPS) is 14.4. The molecule has 6 heteroatoms. The van der Waals surface area contributed by atoms with E-state index in [9.17, 15) is 13.2 Å². The van der Waals surface area contributed by atoms with E-state index in [-0.39, 0.29) is 17.3 Å². The Morgan fingerprint density at radius 1 is 1.00 bits per heavy atom. The molecule has 5 nitrogen and oxygen atoms in total. The van der Waals surface area contributed by atoms with Crippen molar-refractivity contribution in [3.8, 4) is 0 Å². The highest BCUT2D eigenvalue weighted by molar-refractivity contribution is 7.89. The molecule has 2 aromatic rings. The third kappa shape index (κ3) is 4.18. The maximum absolute atomic E-state index is 12.1. The minimum Gasteiger partial charge on any atom is -0.349 e. The van der Waals surface area contributed by atoms with Gasteiger partial charge in [-0.3, -0.25) is 4.79 Å². The van der Waals surface area contributed by atoms with Crippen LogP contribution in [-0.4, -0.2) is 20.4 Å². The molecule has 0 aromatic heterocycles. The molecule has 1 aliphatic carbocycles. The van der Waals surface area contributed by atoms with Crippen molar-refractivity contribution in [3.63, 3.8) is 0 Å². The molecule has 1 aliphatic rings. The maximum Gasteiger partial charge on any atom is 0.251 e. The molecule has 0 aliphatic heterocycles. The molecule has 1 amide bonds. The van der Waals surface area contributed by atoms with E-state index in [4.69, 9.17) is 0 Å². The highest BCUT2D eigenvalue weighted by Crippen LogP contribution is 2.19. The Hall–Kier alpha value is -2.18. The average molecular weight is 330 g/mol. The molecule has 0 unspecified atom stereocenters. The molecular formula is C17H18N2O3S. The van der Waals surface area contributed by atoms with Gasteiger partial charge in [0.15, 0.2) is 0 Å². The zero-order valence-electron chi connectivity index (χ0n) is 12.5. The van der Waals surface area contributed by atoms with Crippen LogP contribution >= 0.6 is 0 Å². The number of hydrogen-bond acceptors (Lipinski definition) is 3. The summed E-state index contributed by atoms with van der Waals surface area (Å²) < 4.78 is 26.8. The molecule has 23 heavy (non-hydrogen) atoms. The Morgan fingerprint density at radius 3 is 2.26 bits per heavy atom. The monoisotopic (exact) mass is 330 g/mol. The zero-order valence-corrected chi connectivity index (χ0v) is 13.3. The number of amides is 1. The molecule has 3 rings (SSSR count). The van der Waals surface area contributed by atoms with Gasteiger partial charge in [-0.05, 0) is 42.7 Å². The lowest BCUT2D eigenvalue weighted by molar-refractivity contribution is 0.0951. The largest absolute Gasteiger partial charge is 0.349 e. The topological polar surface area (TPSA) is 75.3 Å². The smallest absolute Gasteiger partial charge is 0.251 e. The molecular weight excluding hydrogens is 312 g/mol. The number of carbonyl (C=O) groups is 1. The van der Waals surface area contributed by atoms with Gasteiger partial charge in [-0.1, -0.05) is 30.3 Å². The summed E-state index contributed by atoms with van der Waals surface area (Å²) in [5, 5.41) is 2.92. The lowest BCUT2D eigenvalue weighted by Gasteiger charge is -2.08. The fourth-order valence-electron chi connectivity index (χ4n) is 2.13. The summed E-state index contributed by atoms with van der Waals surface area (Å²) in [6.45, 7) is 0.182. The van der Waals surface area contributed by atoms with Crippen molar-refractivity contribution < 1.29 is 13.2 Å². The summed E-state index contributed by atoms with van der Waals surface area (Å²) >= 11 is 0. The van der Waals surface area contributed by atoms with Gasteiger partial charge in [-0.2, -0.15) is 0 Å². The molecule has 120 valence electrons. The van der Waals surface area contributed by atoms with Crippen LogP contribution in [0, 0.1) is 0 Å². The quantitative estimate of drug-likeness (QED) is 0.851. The molecule has 2 N–H and O–H groups in total. The summed E-state index contributed by atoms with van der Waals surface area (Å²) in [6, 6.07) is 15.5. The molecule has 1 fully saturated rings. The van der Waals surface area contributed by atoms with Gasteiger partial charge in [0.25, 0.3) is 5.91 Å². The Balaban J connectivity index is 1.61. The SMILES string of the molecule is O=C(NC1CC1)c1ccc(CNS(=O)(=O)c2ccccc2)cc1. The second-order valence-corrected chi connectivity index (χ2v) is 7.35. The van der Waals surface area contributed by atoms with Crippen LogP contribution in [0.5, 0.6) is 0 Å². The van der Waals surface area contributed by atoms with Crippen LogP contribution in [0.2, 0.25) is 0 Å². The maximum atomic E-state index is 12.1. The van der Waals surface area contributed by atoms with Gasteiger partial charge in [-0.15, -0.1) is 0 Å². The van der Waals surface area contributed by atoms with Crippen LogP contribution < -0.4 is 10.0 Å². The van der Waals surface area contributed by atoms with Crippen LogP contribution in [0.15, 0.2) is 59.5 Å². The van der Waals surface area contributed by atoms with Crippen molar-refractivity contribution >= 4 is 15.9 Å².